The van der Waals surface area contributed by atoms with Crippen molar-refractivity contribution in [2.75, 3.05) is 0 Å². The number of pyridine rings is 1. The maximum Gasteiger partial charge on any atom is 0.252 e. The summed E-state index contributed by atoms with van der Waals surface area (Å²) >= 11 is 0. The van der Waals surface area contributed by atoms with Gasteiger partial charge in [-0.25, -0.2) is 4.68 Å². The SMILES string of the molecule is CCn1nc2ccccn2/c1=N\N=C(/C)c1ccccc1. The third kappa shape index (κ3) is 2.63. The summed E-state index contributed by atoms with van der Waals surface area (Å²) in [6.07, 6.45) is 1.95. The van der Waals surface area contributed by atoms with Crippen LogP contribution in [0, 0.1) is 0 Å². The van der Waals surface area contributed by atoms with E-state index in [0.29, 0.717) is 0 Å². The number of aryl methyl sites for hydroxylation is 1. The average molecular weight is 279 g/mol. The van der Waals surface area contributed by atoms with E-state index < -0.39 is 0 Å². The van der Waals surface area contributed by atoms with E-state index in [-0.39, 0.29) is 0 Å². The highest BCUT2D eigenvalue weighted by molar-refractivity contribution is 5.98. The van der Waals surface area contributed by atoms with Gasteiger partial charge in [-0.15, -0.1) is 5.10 Å². The van der Waals surface area contributed by atoms with E-state index in [0.717, 1.165) is 29.1 Å². The fourth-order valence-corrected chi connectivity index (χ4v) is 2.15. The van der Waals surface area contributed by atoms with Crippen molar-refractivity contribution in [1.82, 2.24) is 14.2 Å². The molecule has 0 unspecified atom stereocenters. The number of fused-ring (bicyclic) bond motifs is 1. The van der Waals surface area contributed by atoms with Crippen molar-refractivity contribution < 1.29 is 0 Å². The third-order valence-corrected chi connectivity index (χ3v) is 3.29. The molecule has 0 aliphatic rings. The molecule has 0 radical (unpaired) electrons. The van der Waals surface area contributed by atoms with Gasteiger partial charge < -0.3 is 0 Å². The summed E-state index contributed by atoms with van der Waals surface area (Å²) in [6, 6.07) is 15.9. The Morgan fingerprint density at radius 1 is 1.10 bits per heavy atom. The molecule has 0 saturated carbocycles. The molecule has 0 fully saturated rings. The summed E-state index contributed by atoms with van der Waals surface area (Å²) in [5.74, 6) is 0. The standard InChI is InChI=1S/C16H17N5/c1-3-21-16(20-12-8-7-11-15(20)19-21)18-17-13(2)14-9-5-4-6-10-14/h4-12H,3H2,1-2H3/b17-13+,18-16+. The number of benzene rings is 1. The molecule has 2 aromatic heterocycles. The van der Waals surface area contributed by atoms with Crippen LogP contribution in [0.5, 0.6) is 0 Å². The molecular formula is C16H17N5. The zero-order valence-corrected chi connectivity index (χ0v) is 12.1. The molecule has 0 saturated heterocycles. The summed E-state index contributed by atoms with van der Waals surface area (Å²) < 4.78 is 3.78. The zero-order valence-electron chi connectivity index (χ0n) is 12.1. The Balaban J connectivity index is 2.11. The molecule has 3 aromatic rings. The molecule has 0 spiro atoms. The molecule has 0 amide bonds. The van der Waals surface area contributed by atoms with Crippen LogP contribution in [-0.4, -0.2) is 19.9 Å². The topological polar surface area (TPSA) is 47.0 Å². The number of hydrogen-bond donors (Lipinski definition) is 0. The molecule has 0 N–H and O–H groups in total. The smallest absolute Gasteiger partial charge is 0.252 e. The van der Waals surface area contributed by atoms with Gasteiger partial charge in [0.15, 0.2) is 5.65 Å². The van der Waals surface area contributed by atoms with Crippen molar-refractivity contribution in [1.29, 1.82) is 0 Å². The van der Waals surface area contributed by atoms with E-state index in [2.05, 4.69) is 15.3 Å². The van der Waals surface area contributed by atoms with Gasteiger partial charge in [-0.05, 0) is 31.5 Å². The monoisotopic (exact) mass is 279 g/mol. The second-order valence-electron chi connectivity index (χ2n) is 4.70. The average Bonchev–Trinajstić information content (AvgIpc) is 2.91. The van der Waals surface area contributed by atoms with Gasteiger partial charge >= 0.3 is 0 Å². The lowest BCUT2D eigenvalue weighted by Gasteiger charge is -1.97. The van der Waals surface area contributed by atoms with Gasteiger partial charge in [0.1, 0.15) is 0 Å². The van der Waals surface area contributed by atoms with Crippen LogP contribution in [0.15, 0.2) is 64.9 Å². The first-order chi connectivity index (χ1) is 10.3. The Morgan fingerprint density at radius 2 is 1.86 bits per heavy atom. The van der Waals surface area contributed by atoms with Gasteiger partial charge in [0, 0.05) is 12.7 Å². The molecule has 2 heterocycles. The van der Waals surface area contributed by atoms with E-state index in [1.165, 1.54) is 0 Å². The van der Waals surface area contributed by atoms with Gasteiger partial charge in [-0.1, -0.05) is 36.4 Å². The minimum absolute atomic E-state index is 0.725. The molecule has 21 heavy (non-hydrogen) atoms. The fraction of sp³-hybridized carbons (Fsp3) is 0.188. The second-order valence-corrected chi connectivity index (χ2v) is 4.70. The van der Waals surface area contributed by atoms with Crippen LogP contribution in [0.3, 0.4) is 0 Å². The lowest BCUT2D eigenvalue weighted by Crippen LogP contribution is -2.22. The largest absolute Gasteiger partial charge is 0.267 e. The van der Waals surface area contributed by atoms with Gasteiger partial charge in [-0.2, -0.15) is 10.2 Å². The summed E-state index contributed by atoms with van der Waals surface area (Å²) in [5.41, 5.74) is 3.54. The van der Waals surface area contributed by atoms with Crippen molar-refractivity contribution >= 4 is 11.4 Å². The first-order valence-electron chi connectivity index (χ1n) is 6.97. The van der Waals surface area contributed by atoms with Crippen LogP contribution in [0.1, 0.15) is 19.4 Å². The van der Waals surface area contributed by atoms with Crippen LogP contribution in [0.25, 0.3) is 5.65 Å². The highest BCUT2D eigenvalue weighted by Gasteiger charge is 2.02. The number of nitrogens with zero attached hydrogens (tertiary/aromatic N) is 5. The third-order valence-electron chi connectivity index (χ3n) is 3.29. The van der Waals surface area contributed by atoms with E-state index >= 15 is 0 Å². The van der Waals surface area contributed by atoms with E-state index in [9.17, 15) is 0 Å². The number of hydrogen-bond acceptors (Lipinski definition) is 3. The summed E-state index contributed by atoms with van der Waals surface area (Å²) in [6.45, 7) is 4.75. The van der Waals surface area contributed by atoms with Crippen LogP contribution in [0.2, 0.25) is 0 Å². The molecule has 3 rings (SSSR count). The van der Waals surface area contributed by atoms with Gasteiger partial charge in [0.25, 0.3) is 5.62 Å². The maximum atomic E-state index is 4.50. The molecule has 5 nitrogen and oxygen atoms in total. The zero-order chi connectivity index (χ0) is 14.7. The molecule has 0 atom stereocenters. The number of aromatic nitrogens is 3. The minimum atomic E-state index is 0.725. The molecule has 0 bridgehead atoms. The predicted molar refractivity (Wildman–Crippen MR) is 83.1 cm³/mol. The van der Waals surface area contributed by atoms with Crippen LogP contribution >= 0.6 is 0 Å². The minimum Gasteiger partial charge on any atom is -0.267 e. The van der Waals surface area contributed by atoms with E-state index in [4.69, 9.17) is 0 Å². The molecule has 0 aliphatic heterocycles. The predicted octanol–water partition coefficient (Wildman–Crippen LogP) is 2.48. The van der Waals surface area contributed by atoms with E-state index in [1.807, 2.05) is 77.7 Å². The summed E-state index contributed by atoms with van der Waals surface area (Å²) in [5, 5.41) is 13.2. The van der Waals surface area contributed by atoms with Crippen LogP contribution < -0.4 is 5.62 Å². The number of rotatable bonds is 3. The summed E-state index contributed by atoms with van der Waals surface area (Å²) in [4.78, 5) is 0. The Hall–Kier alpha value is -2.69. The first kappa shape index (κ1) is 13.3. The van der Waals surface area contributed by atoms with Crippen molar-refractivity contribution in [3.05, 3.63) is 65.9 Å². The molecular weight excluding hydrogens is 262 g/mol. The highest BCUT2D eigenvalue weighted by atomic mass is 15.4. The Kier molecular flexibility index (Phi) is 3.64. The van der Waals surface area contributed by atoms with Crippen molar-refractivity contribution in [2.45, 2.75) is 20.4 Å². The Bertz CT molecular complexity index is 840. The first-order valence-corrected chi connectivity index (χ1v) is 6.97. The highest BCUT2D eigenvalue weighted by Crippen LogP contribution is 2.01. The Morgan fingerprint density at radius 3 is 2.62 bits per heavy atom. The Labute approximate surface area is 122 Å². The van der Waals surface area contributed by atoms with Crippen molar-refractivity contribution in [3.63, 3.8) is 0 Å². The van der Waals surface area contributed by atoms with Crippen LogP contribution in [-0.2, 0) is 6.54 Å². The lowest BCUT2D eigenvalue weighted by atomic mass is 10.1. The summed E-state index contributed by atoms with van der Waals surface area (Å²) in [7, 11) is 0. The fourth-order valence-electron chi connectivity index (χ4n) is 2.15. The normalized spacial score (nSPS) is 13.0. The van der Waals surface area contributed by atoms with E-state index in [1.54, 1.807) is 0 Å². The lowest BCUT2D eigenvalue weighted by molar-refractivity contribution is 0.614. The second kappa shape index (κ2) is 5.75. The van der Waals surface area contributed by atoms with Gasteiger partial charge in [-0.3, -0.25) is 4.40 Å². The van der Waals surface area contributed by atoms with Crippen LogP contribution in [0.4, 0.5) is 0 Å². The van der Waals surface area contributed by atoms with Crippen molar-refractivity contribution in [3.8, 4) is 0 Å². The quantitative estimate of drug-likeness (QED) is 0.536. The molecule has 1 aromatic carbocycles. The molecule has 5 heteroatoms. The van der Waals surface area contributed by atoms with Crippen molar-refractivity contribution in [2.24, 2.45) is 10.2 Å². The molecule has 106 valence electrons. The maximum absolute atomic E-state index is 4.50. The van der Waals surface area contributed by atoms with Gasteiger partial charge in [0.2, 0.25) is 0 Å². The van der Waals surface area contributed by atoms with Gasteiger partial charge in [0.05, 0.1) is 5.71 Å². The molecule has 0 aliphatic carbocycles.